The molecule has 0 aromatic rings. The third-order valence-electron chi connectivity index (χ3n) is 2.39. The highest BCUT2D eigenvalue weighted by atomic mass is 16.5. The zero-order chi connectivity index (χ0) is 8.86. The summed E-state index contributed by atoms with van der Waals surface area (Å²) in [4.78, 5) is 0. The predicted molar refractivity (Wildman–Crippen MR) is 48.3 cm³/mol. The SMILES string of the molecule is CCNCC1(COC)CCOC1. The minimum absolute atomic E-state index is 0.241. The Morgan fingerprint density at radius 2 is 2.42 bits per heavy atom. The molecule has 1 rings (SSSR count). The van der Waals surface area contributed by atoms with Crippen LogP contribution in [0.1, 0.15) is 13.3 Å². The minimum Gasteiger partial charge on any atom is -0.384 e. The van der Waals surface area contributed by atoms with Gasteiger partial charge in [-0.1, -0.05) is 6.92 Å². The molecule has 0 aromatic carbocycles. The van der Waals surface area contributed by atoms with Crippen LogP contribution in [-0.2, 0) is 9.47 Å². The maximum absolute atomic E-state index is 5.39. The summed E-state index contributed by atoms with van der Waals surface area (Å²) in [6.07, 6.45) is 1.12. The Balaban J connectivity index is 2.35. The molecule has 1 atom stereocenters. The Labute approximate surface area is 74.4 Å². The van der Waals surface area contributed by atoms with Gasteiger partial charge in [0.2, 0.25) is 0 Å². The zero-order valence-corrected chi connectivity index (χ0v) is 8.06. The molecule has 0 amide bonds. The molecule has 1 N–H and O–H groups in total. The highest BCUT2D eigenvalue weighted by molar-refractivity contribution is 4.84. The lowest BCUT2D eigenvalue weighted by Crippen LogP contribution is -2.38. The quantitative estimate of drug-likeness (QED) is 0.662. The van der Waals surface area contributed by atoms with Crippen molar-refractivity contribution in [3.63, 3.8) is 0 Å². The number of hydrogen-bond acceptors (Lipinski definition) is 3. The van der Waals surface area contributed by atoms with Gasteiger partial charge in [0.05, 0.1) is 13.2 Å². The second-order valence-corrected chi connectivity index (χ2v) is 3.52. The van der Waals surface area contributed by atoms with Gasteiger partial charge in [0.25, 0.3) is 0 Å². The van der Waals surface area contributed by atoms with Crippen LogP contribution < -0.4 is 5.32 Å². The molecule has 72 valence electrons. The third kappa shape index (κ3) is 2.44. The first-order chi connectivity index (χ1) is 5.83. The van der Waals surface area contributed by atoms with Crippen molar-refractivity contribution in [3.8, 4) is 0 Å². The van der Waals surface area contributed by atoms with E-state index >= 15 is 0 Å². The Hall–Kier alpha value is -0.120. The van der Waals surface area contributed by atoms with Gasteiger partial charge in [-0.05, 0) is 13.0 Å². The zero-order valence-electron chi connectivity index (χ0n) is 8.06. The van der Waals surface area contributed by atoms with E-state index < -0.39 is 0 Å². The summed E-state index contributed by atoms with van der Waals surface area (Å²) in [6, 6.07) is 0. The van der Waals surface area contributed by atoms with Crippen molar-refractivity contribution in [3.05, 3.63) is 0 Å². The molecule has 1 aliphatic heterocycles. The first kappa shape index (κ1) is 9.96. The van der Waals surface area contributed by atoms with Crippen molar-refractivity contribution < 1.29 is 9.47 Å². The van der Waals surface area contributed by atoms with Crippen LogP contribution in [0.5, 0.6) is 0 Å². The molecular formula is C9H19NO2. The van der Waals surface area contributed by atoms with Crippen LogP contribution in [0.2, 0.25) is 0 Å². The van der Waals surface area contributed by atoms with Crippen molar-refractivity contribution in [1.82, 2.24) is 5.32 Å². The Morgan fingerprint density at radius 3 is 2.92 bits per heavy atom. The maximum atomic E-state index is 5.39. The van der Waals surface area contributed by atoms with E-state index in [1.54, 1.807) is 7.11 Å². The summed E-state index contributed by atoms with van der Waals surface area (Å²) in [5.74, 6) is 0. The second-order valence-electron chi connectivity index (χ2n) is 3.52. The molecule has 12 heavy (non-hydrogen) atoms. The molecule has 1 aliphatic rings. The first-order valence-electron chi connectivity index (χ1n) is 4.60. The number of nitrogens with one attached hydrogen (secondary N) is 1. The van der Waals surface area contributed by atoms with Crippen LogP contribution in [-0.4, -0.2) is 40.0 Å². The van der Waals surface area contributed by atoms with Crippen LogP contribution in [0.25, 0.3) is 0 Å². The molecule has 0 bridgehead atoms. The highest BCUT2D eigenvalue weighted by Crippen LogP contribution is 2.27. The van der Waals surface area contributed by atoms with Gasteiger partial charge in [0.1, 0.15) is 0 Å². The summed E-state index contributed by atoms with van der Waals surface area (Å²) in [6.45, 7) is 6.68. The summed E-state index contributed by atoms with van der Waals surface area (Å²) in [7, 11) is 1.76. The van der Waals surface area contributed by atoms with Crippen molar-refractivity contribution in [2.45, 2.75) is 13.3 Å². The Kier molecular flexibility index (Phi) is 3.98. The van der Waals surface area contributed by atoms with E-state index in [9.17, 15) is 0 Å². The first-order valence-corrected chi connectivity index (χ1v) is 4.60. The van der Waals surface area contributed by atoms with Gasteiger partial charge in [-0.2, -0.15) is 0 Å². The molecular weight excluding hydrogens is 154 g/mol. The molecule has 3 nitrogen and oxygen atoms in total. The van der Waals surface area contributed by atoms with E-state index in [0.29, 0.717) is 0 Å². The number of methoxy groups -OCH3 is 1. The van der Waals surface area contributed by atoms with Gasteiger partial charge >= 0.3 is 0 Å². The van der Waals surface area contributed by atoms with Gasteiger partial charge in [0.15, 0.2) is 0 Å². The fourth-order valence-electron chi connectivity index (χ4n) is 1.65. The number of rotatable bonds is 5. The van der Waals surface area contributed by atoms with Gasteiger partial charge in [-0.3, -0.25) is 0 Å². The molecule has 1 fully saturated rings. The molecule has 0 spiro atoms. The minimum atomic E-state index is 0.241. The van der Waals surface area contributed by atoms with E-state index in [4.69, 9.17) is 9.47 Å². The van der Waals surface area contributed by atoms with Crippen LogP contribution in [0, 0.1) is 5.41 Å². The Bertz CT molecular complexity index is 122. The lowest BCUT2D eigenvalue weighted by atomic mass is 9.88. The topological polar surface area (TPSA) is 30.5 Å². The van der Waals surface area contributed by atoms with Crippen molar-refractivity contribution >= 4 is 0 Å². The van der Waals surface area contributed by atoms with Crippen LogP contribution in [0.3, 0.4) is 0 Å². The lowest BCUT2D eigenvalue weighted by Gasteiger charge is -2.26. The number of ether oxygens (including phenoxy) is 2. The van der Waals surface area contributed by atoms with E-state index in [1.165, 1.54) is 0 Å². The second kappa shape index (κ2) is 4.80. The highest BCUT2D eigenvalue weighted by Gasteiger charge is 2.34. The fourth-order valence-corrected chi connectivity index (χ4v) is 1.65. The average molecular weight is 173 g/mol. The van der Waals surface area contributed by atoms with Gasteiger partial charge in [-0.25, -0.2) is 0 Å². The van der Waals surface area contributed by atoms with E-state index in [0.717, 1.165) is 39.3 Å². The van der Waals surface area contributed by atoms with Gasteiger partial charge in [0, 0.05) is 25.7 Å². The van der Waals surface area contributed by atoms with Crippen LogP contribution in [0.4, 0.5) is 0 Å². The summed E-state index contributed by atoms with van der Waals surface area (Å²) < 4.78 is 10.6. The van der Waals surface area contributed by atoms with Gasteiger partial charge < -0.3 is 14.8 Å². The maximum Gasteiger partial charge on any atom is 0.0557 e. The van der Waals surface area contributed by atoms with Crippen LogP contribution in [0.15, 0.2) is 0 Å². The molecule has 1 saturated heterocycles. The van der Waals surface area contributed by atoms with Crippen LogP contribution >= 0.6 is 0 Å². The lowest BCUT2D eigenvalue weighted by molar-refractivity contribution is 0.0629. The summed E-state index contributed by atoms with van der Waals surface area (Å²) in [5, 5.41) is 3.36. The molecule has 1 heterocycles. The monoisotopic (exact) mass is 173 g/mol. The smallest absolute Gasteiger partial charge is 0.0557 e. The molecule has 0 aromatic heterocycles. The summed E-state index contributed by atoms with van der Waals surface area (Å²) in [5.41, 5.74) is 0.241. The normalized spacial score (nSPS) is 29.5. The molecule has 1 unspecified atom stereocenters. The van der Waals surface area contributed by atoms with Crippen molar-refractivity contribution in [2.75, 3.05) is 40.0 Å². The van der Waals surface area contributed by atoms with Gasteiger partial charge in [-0.15, -0.1) is 0 Å². The molecule has 3 heteroatoms. The molecule has 0 saturated carbocycles. The standard InChI is InChI=1S/C9H19NO2/c1-3-10-6-9(7-11-2)4-5-12-8-9/h10H,3-8H2,1-2H3. The molecule has 0 radical (unpaired) electrons. The van der Waals surface area contributed by atoms with Crippen molar-refractivity contribution in [1.29, 1.82) is 0 Å². The van der Waals surface area contributed by atoms with E-state index in [2.05, 4.69) is 12.2 Å². The third-order valence-corrected chi connectivity index (χ3v) is 2.39. The fraction of sp³-hybridized carbons (Fsp3) is 1.00. The molecule has 0 aliphatic carbocycles. The Morgan fingerprint density at radius 1 is 1.58 bits per heavy atom. The average Bonchev–Trinajstić information content (AvgIpc) is 2.51. The van der Waals surface area contributed by atoms with E-state index in [-0.39, 0.29) is 5.41 Å². The predicted octanol–water partition coefficient (Wildman–Crippen LogP) is 0.649. The largest absolute Gasteiger partial charge is 0.384 e. The summed E-state index contributed by atoms with van der Waals surface area (Å²) >= 11 is 0. The van der Waals surface area contributed by atoms with Crippen molar-refractivity contribution in [2.24, 2.45) is 5.41 Å². The number of hydrogen-bond donors (Lipinski definition) is 1. The van der Waals surface area contributed by atoms with E-state index in [1.807, 2.05) is 0 Å².